The molecule has 1 heterocycles. The maximum atomic E-state index is 11.9. The minimum absolute atomic E-state index is 0.272. The molecule has 0 unspecified atom stereocenters. The Balaban J connectivity index is 2.52. The van der Waals surface area contributed by atoms with Crippen LogP contribution in [0.4, 0.5) is 0 Å². The molecule has 7 heteroatoms. The molecule has 114 valence electrons. The first kappa shape index (κ1) is 15.4. The fourth-order valence-corrected chi connectivity index (χ4v) is 2.15. The third kappa shape index (κ3) is 3.57. The molecule has 0 aliphatic heterocycles. The summed E-state index contributed by atoms with van der Waals surface area (Å²) >= 11 is 0. The van der Waals surface area contributed by atoms with Crippen molar-refractivity contribution in [2.75, 3.05) is 0 Å². The fourth-order valence-electron chi connectivity index (χ4n) is 2.15. The summed E-state index contributed by atoms with van der Waals surface area (Å²) in [6.45, 7) is 1.65. The highest BCUT2D eigenvalue weighted by molar-refractivity contribution is 5.76. The smallest absolute Gasteiger partial charge is 0.307 e. The molecule has 7 nitrogen and oxygen atoms in total. The second-order valence-electron chi connectivity index (χ2n) is 4.84. The van der Waals surface area contributed by atoms with E-state index in [1.54, 1.807) is 13.0 Å². The first-order valence-electron chi connectivity index (χ1n) is 6.48. The highest BCUT2D eigenvalue weighted by Gasteiger charge is 2.13. The number of benzene rings is 1. The molecule has 0 radical (unpaired) electrons. The lowest BCUT2D eigenvalue weighted by molar-refractivity contribution is -0.137. The van der Waals surface area contributed by atoms with Crippen LogP contribution in [-0.2, 0) is 22.4 Å². The van der Waals surface area contributed by atoms with Crippen molar-refractivity contribution in [3.63, 3.8) is 0 Å². The number of nitrogens with zero attached hydrogens (tertiary/aromatic N) is 1. The van der Waals surface area contributed by atoms with E-state index in [0.29, 0.717) is 28.1 Å². The fraction of sp³-hybridized carbons (Fsp3) is 0.200. The lowest BCUT2D eigenvalue weighted by Crippen LogP contribution is -2.12. The number of rotatable bonds is 5. The average Bonchev–Trinajstić information content (AvgIpc) is 2.40. The molecule has 1 aromatic heterocycles. The van der Waals surface area contributed by atoms with Gasteiger partial charge in [-0.05, 0) is 23.6 Å². The Morgan fingerprint density at radius 1 is 1.14 bits per heavy atom. The predicted octanol–water partition coefficient (Wildman–Crippen LogP) is 1.000. The van der Waals surface area contributed by atoms with E-state index in [1.165, 1.54) is 18.3 Å². The number of aryl methyl sites for hydroxylation is 1. The molecule has 0 aliphatic carbocycles. The Labute approximate surface area is 125 Å². The van der Waals surface area contributed by atoms with Gasteiger partial charge in [-0.3, -0.25) is 14.4 Å². The maximum Gasteiger partial charge on any atom is 0.307 e. The van der Waals surface area contributed by atoms with Gasteiger partial charge in [0.1, 0.15) is 5.82 Å². The van der Waals surface area contributed by atoms with Crippen molar-refractivity contribution in [3.05, 3.63) is 51.7 Å². The normalized spacial score (nSPS) is 10.4. The molecule has 0 amide bonds. The number of aliphatic carboxylic acids is 2. The average molecular weight is 302 g/mol. The predicted molar refractivity (Wildman–Crippen MR) is 77.7 cm³/mol. The van der Waals surface area contributed by atoms with Gasteiger partial charge >= 0.3 is 11.9 Å². The van der Waals surface area contributed by atoms with Crippen molar-refractivity contribution in [3.8, 4) is 11.1 Å². The van der Waals surface area contributed by atoms with Gasteiger partial charge in [0.15, 0.2) is 0 Å². The minimum Gasteiger partial charge on any atom is -0.481 e. The highest BCUT2D eigenvalue weighted by atomic mass is 16.4. The van der Waals surface area contributed by atoms with E-state index < -0.39 is 11.9 Å². The monoisotopic (exact) mass is 302 g/mol. The molecular formula is C15H14N2O5. The van der Waals surface area contributed by atoms with Crippen molar-refractivity contribution in [2.45, 2.75) is 19.8 Å². The number of aromatic nitrogens is 2. The third-order valence-corrected chi connectivity index (χ3v) is 3.13. The second-order valence-corrected chi connectivity index (χ2v) is 4.84. The Bertz CT molecular complexity index is 795. The van der Waals surface area contributed by atoms with Crippen molar-refractivity contribution in [1.29, 1.82) is 0 Å². The Hall–Kier alpha value is -2.96. The van der Waals surface area contributed by atoms with Crippen LogP contribution in [0.15, 0.2) is 29.2 Å². The van der Waals surface area contributed by atoms with Gasteiger partial charge in [-0.1, -0.05) is 18.2 Å². The summed E-state index contributed by atoms with van der Waals surface area (Å²) in [6, 6.07) is 4.64. The summed E-state index contributed by atoms with van der Waals surface area (Å²) in [5, 5.41) is 17.8. The second kappa shape index (κ2) is 6.21. The summed E-state index contributed by atoms with van der Waals surface area (Å²) in [6.07, 6.45) is 0.823. The first-order chi connectivity index (χ1) is 10.4. The minimum atomic E-state index is -1.07. The lowest BCUT2D eigenvalue weighted by atomic mass is 9.97. The van der Waals surface area contributed by atoms with Crippen molar-refractivity contribution in [2.24, 2.45) is 0 Å². The summed E-state index contributed by atoms with van der Waals surface area (Å²) in [4.78, 5) is 40.3. The largest absolute Gasteiger partial charge is 0.481 e. The van der Waals surface area contributed by atoms with Crippen LogP contribution in [0.1, 0.15) is 17.0 Å². The molecule has 0 aliphatic rings. The molecule has 22 heavy (non-hydrogen) atoms. The number of nitrogens with one attached hydrogen (secondary N) is 1. The molecule has 0 saturated heterocycles. The molecule has 0 saturated carbocycles. The summed E-state index contributed by atoms with van der Waals surface area (Å²) in [5.41, 5.74) is 1.25. The molecule has 2 aromatic rings. The Kier molecular flexibility index (Phi) is 4.36. The van der Waals surface area contributed by atoms with Gasteiger partial charge in [0.2, 0.25) is 0 Å². The number of carbonyl (C=O) groups is 2. The van der Waals surface area contributed by atoms with E-state index in [0.717, 1.165) is 0 Å². The number of carboxylic acid groups (broad SMARTS) is 2. The van der Waals surface area contributed by atoms with E-state index in [-0.39, 0.29) is 18.4 Å². The van der Waals surface area contributed by atoms with E-state index in [4.69, 9.17) is 10.2 Å². The van der Waals surface area contributed by atoms with Gasteiger partial charge in [0, 0.05) is 6.20 Å². The number of hydrogen-bond acceptors (Lipinski definition) is 4. The number of aromatic amines is 1. The standard InChI is InChI=1S/C15H14N2O5/c1-8-16-7-12(15(22)17-8)10-3-2-9(5-13(18)19)11(4-10)6-14(20)21/h2-4,7H,5-6H2,1H3,(H,18,19)(H,20,21)(H,16,17,22). The molecule has 0 fully saturated rings. The van der Waals surface area contributed by atoms with E-state index in [2.05, 4.69) is 9.97 Å². The van der Waals surface area contributed by atoms with Gasteiger partial charge in [-0.15, -0.1) is 0 Å². The van der Waals surface area contributed by atoms with Crippen molar-refractivity contribution in [1.82, 2.24) is 9.97 Å². The zero-order chi connectivity index (χ0) is 16.3. The van der Waals surface area contributed by atoms with Gasteiger partial charge in [0.25, 0.3) is 5.56 Å². The van der Waals surface area contributed by atoms with E-state index in [9.17, 15) is 14.4 Å². The van der Waals surface area contributed by atoms with Crippen LogP contribution in [0.5, 0.6) is 0 Å². The topological polar surface area (TPSA) is 120 Å². The lowest BCUT2D eigenvalue weighted by Gasteiger charge is -2.09. The molecule has 0 spiro atoms. The van der Waals surface area contributed by atoms with Crippen LogP contribution >= 0.6 is 0 Å². The van der Waals surface area contributed by atoms with Crippen molar-refractivity contribution < 1.29 is 19.8 Å². The highest BCUT2D eigenvalue weighted by Crippen LogP contribution is 2.21. The Morgan fingerprint density at radius 3 is 2.36 bits per heavy atom. The molecule has 0 atom stereocenters. The van der Waals surface area contributed by atoms with Crippen molar-refractivity contribution >= 4 is 11.9 Å². The van der Waals surface area contributed by atoms with Crippen LogP contribution in [0.25, 0.3) is 11.1 Å². The van der Waals surface area contributed by atoms with Gasteiger partial charge in [-0.2, -0.15) is 0 Å². The third-order valence-electron chi connectivity index (χ3n) is 3.13. The van der Waals surface area contributed by atoms with Crippen LogP contribution in [0.3, 0.4) is 0 Å². The van der Waals surface area contributed by atoms with E-state index in [1.807, 2.05) is 0 Å². The SMILES string of the molecule is Cc1ncc(-c2ccc(CC(=O)O)c(CC(=O)O)c2)c(=O)[nH]1. The zero-order valence-corrected chi connectivity index (χ0v) is 11.8. The number of H-pyrrole nitrogens is 1. The van der Waals surface area contributed by atoms with Crippen LogP contribution < -0.4 is 5.56 Å². The quantitative estimate of drug-likeness (QED) is 0.757. The molecule has 3 N–H and O–H groups in total. The molecular weight excluding hydrogens is 288 g/mol. The van der Waals surface area contributed by atoms with Gasteiger partial charge < -0.3 is 15.2 Å². The van der Waals surface area contributed by atoms with E-state index >= 15 is 0 Å². The first-order valence-corrected chi connectivity index (χ1v) is 6.48. The van der Waals surface area contributed by atoms with Crippen LogP contribution in [0.2, 0.25) is 0 Å². The zero-order valence-electron chi connectivity index (χ0n) is 11.8. The Morgan fingerprint density at radius 2 is 1.77 bits per heavy atom. The number of hydrogen-bond donors (Lipinski definition) is 3. The van der Waals surface area contributed by atoms with Gasteiger partial charge in [-0.25, -0.2) is 4.98 Å². The molecule has 0 bridgehead atoms. The summed E-state index contributed by atoms with van der Waals surface area (Å²) < 4.78 is 0. The summed E-state index contributed by atoms with van der Waals surface area (Å²) in [7, 11) is 0. The molecule has 1 aromatic carbocycles. The van der Waals surface area contributed by atoms with Gasteiger partial charge in [0.05, 0.1) is 18.4 Å². The maximum absolute atomic E-state index is 11.9. The molecule has 2 rings (SSSR count). The number of carboxylic acids is 2. The summed E-state index contributed by atoms with van der Waals surface area (Å²) in [5.74, 6) is -1.64. The van der Waals surface area contributed by atoms with Crippen LogP contribution in [0, 0.1) is 6.92 Å². The van der Waals surface area contributed by atoms with Crippen LogP contribution in [-0.4, -0.2) is 32.1 Å².